The molecule has 0 spiro atoms. The van der Waals surface area contributed by atoms with Crippen molar-refractivity contribution < 1.29 is 14.6 Å². The number of aliphatic hydroxyl groups is 1. The van der Waals surface area contributed by atoms with Gasteiger partial charge in [0.25, 0.3) is 5.56 Å². The normalized spacial score (nSPS) is 28.6. The van der Waals surface area contributed by atoms with E-state index in [1.165, 1.54) is 6.42 Å². The smallest absolute Gasteiger partial charge is 0.258 e. The molecule has 1 aliphatic carbocycles. The molecule has 2 aromatic heterocycles. The Morgan fingerprint density at radius 2 is 2.09 bits per heavy atom. The summed E-state index contributed by atoms with van der Waals surface area (Å²) < 4.78 is 7.37. The Hall–Kier alpha value is -2.33. The molecule has 1 N–H and O–H groups in total. The highest BCUT2D eigenvalue weighted by molar-refractivity contribution is 7.09. The first-order chi connectivity index (χ1) is 17.2. The van der Waals surface area contributed by atoms with Gasteiger partial charge in [-0.15, -0.1) is 11.3 Å². The molecule has 0 aromatic carbocycles. The number of allylic oxidation sites excluding steroid dienone is 2. The van der Waals surface area contributed by atoms with Crippen molar-refractivity contribution in [2.24, 2.45) is 11.8 Å². The van der Waals surface area contributed by atoms with Gasteiger partial charge in [0.2, 0.25) is 5.91 Å². The predicted octanol–water partition coefficient (Wildman–Crippen LogP) is 2.28. The van der Waals surface area contributed by atoms with Crippen molar-refractivity contribution in [2.45, 2.75) is 50.9 Å². The minimum atomic E-state index is -0.407. The lowest BCUT2D eigenvalue weighted by atomic mass is 9.86. The van der Waals surface area contributed by atoms with E-state index in [1.54, 1.807) is 17.5 Å². The summed E-state index contributed by atoms with van der Waals surface area (Å²) in [4.78, 5) is 36.3. The second-order valence-corrected chi connectivity index (χ2v) is 11.0. The maximum absolute atomic E-state index is 13.9. The van der Waals surface area contributed by atoms with Crippen LogP contribution in [-0.4, -0.2) is 69.3 Å². The Morgan fingerprint density at radius 3 is 2.80 bits per heavy atom. The zero-order valence-corrected chi connectivity index (χ0v) is 20.7. The van der Waals surface area contributed by atoms with Gasteiger partial charge < -0.3 is 19.3 Å². The summed E-state index contributed by atoms with van der Waals surface area (Å²) >= 11 is 1.60. The van der Waals surface area contributed by atoms with Crippen molar-refractivity contribution >= 4 is 22.8 Å². The van der Waals surface area contributed by atoms with Gasteiger partial charge in [-0.2, -0.15) is 0 Å². The lowest BCUT2D eigenvalue weighted by Gasteiger charge is -2.38. The van der Waals surface area contributed by atoms with E-state index in [0.29, 0.717) is 39.4 Å². The third-order valence-corrected chi connectivity index (χ3v) is 8.98. The van der Waals surface area contributed by atoms with E-state index >= 15 is 0 Å². The molecule has 3 aliphatic heterocycles. The van der Waals surface area contributed by atoms with Crippen LogP contribution in [0.3, 0.4) is 0 Å². The van der Waals surface area contributed by atoms with Crippen LogP contribution in [0.5, 0.6) is 0 Å². The Balaban J connectivity index is 1.43. The van der Waals surface area contributed by atoms with Crippen molar-refractivity contribution in [3.63, 3.8) is 0 Å². The average molecular weight is 497 g/mol. The number of pyridine rings is 1. The Labute approximate surface area is 208 Å². The summed E-state index contributed by atoms with van der Waals surface area (Å²) in [5.41, 5.74) is 2.85. The molecule has 2 fully saturated rings. The van der Waals surface area contributed by atoms with E-state index in [9.17, 15) is 14.7 Å². The van der Waals surface area contributed by atoms with Gasteiger partial charge in [0.1, 0.15) is 5.01 Å². The number of amides is 1. The fourth-order valence-corrected chi connectivity index (χ4v) is 7.15. The van der Waals surface area contributed by atoms with Crippen molar-refractivity contribution in [2.75, 3.05) is 32.9 Å². The molecule has 4 aliphatic rings. The SMILES string of the molecule is O=C([C@@H]1[C@@H](CO)[C@@H]2Cn3c(ccc(C4=CCCCC4)c3=O)[C@H]1N2Cc1nccs1)N1CCOCC1. The molecule has 186 valence electrons. The molecule has 6 rings (SSSR count). The maximum Gasteiger partial charge on any atom is 0.258 e. The summed E-state index contributed by atoms with van der Waals surface area (Å²) in [6.07, 6.45) is 8.26. The standard InChI is InChI=1S/C26H32N4O4S/c31-16-19-21-14-30-20(7-6-18(25(30)32)17-4-2-1-3-5-17)24(29(21)15-22-27-8-13-35-22)23(19)26(33)28-9-11-34-12-10-28/h4,6-8,13,19,21,23-24,31H,1-3,5,9-12,14-16H2/t19-,21-,23+,24+/m0/s1. The molecule has 35 heavy (non-hydrogen) atoms. The number of ether oxygens (including phenoxy) is 1. The van der Waals surface area contributed by atoms with Crippen LogP contribution in [0.1, 0.15) is 48.0 Å². The van der Waals surface area contributed by atoms with Crippen LogP contribution >= 0.6 is 11.3 Å². The summed E-state index contributed by atoms with van der Waals surface area (Å²) in [5, 5.41) is 13.5. The molecular weight excluding hydrogens is 464 g/mol. The first-order valence-corrected chi connectivity index (χ1v) is 13.6. The fraction of sp³-hybridized carbons (Fsp3) is 0.577. The minimum Gasteiger partial charge on any atom is -0.396 e. The zero-order valence-electron chi connectivity index (χ0n) is 19.8. The van der Waals surface area contributed by atoms with Gasteiger partial charge in [-0.25, -0.2) is 4.98 Å². The van der Waals surface area contributed by atoms with Gasteiger partial charge in [0, 0.05) is 61.0 Å². The van der Waals surface area contributed by atoms with Crippen LogP contribution in [0.2, 0.25) is 0 Å². The van der Waals surface area contributed by atoms with Crippen LogP contribution in [0.15, 0.2) is 34.6 Å². The Kier molecular flexibility index (Phi) is 6.34. The molecule has 9 heteroatoms. The summed E-state index contributed by atoms with van der Waals surface area (Å²) in [6, 6.07) is 3.65. The van der Waals surface area contributed by atoms with Gasteiger partial charge in [0.05, 0.1) is 31.7 Å². The number of aromatic nitrogens is 2. The maximum atomic E-state index is 13.9. The highest BCUT2D eigenvalue weighted by Crippen LogP contribution is 2.49. The number of aliphatic hydroxyl groups excluding tert-OH is 1. The second-order valence-electron chi connectivity index (χ2n) is 9.98. The van der Waals surface area contributed by atoms with E-state index < -0.39 is 5.92 Å². The average Bonchev–Trinajstić information content (AvgIpc) is 3.48. The molecule has 2 aromatic rings. The van der Waals surface area contributed by atoms with E-state index in [0.717, 1.165) is 41.1 Å². The van der Waals surface area contributed by atoms with Crippen molar-refractivity contribution in [3.05, 3.63) is 56.4 Å². The van der Waals surface area contributed by atoms with Gasteiger partial charge in [-0.05, 0) is 43.4 Å². The van der Waals surface area contributed by atoms with E-state index in [-0.39, 0.29) is 36.1 Å². The Morgan fingerprint density at radius 1 is 1.23 bits per heavy atom. The number of hydrogen-bond donors (Lipinski definition) is 1. The molecular formula is C26H32N4O4S. The second kappa shape index (κ2) is 9.61. The number of rotatable bonds is 5. The number of fused-ring (bicyclic) bond motifs is 4. The fourth-order valence-electron chi connectivity index (χ4n) is 6.53. The first-order valence-electron chi connectivity index (χ1n) is 12.7. The van der Waals surface area contributed by atoms with Crippen molar-refractivity contribution in [3.8, 4) is 0 Å². The molecule has 0 radical (unpaired) electrons. The van der Waals surface area contributed by atoms with Gasteiger partial charge in [0.15, 0.2) is 0 Å². The minimum absolute atomic E-state index is 0.0377. The van der Waals surface area contributed by atoms with Gasteiger partial charge in [-0.1, -0.05) is 6.08 Å². The third-order valence-electron chi connectivity index (χ3n) is 8.22. The lowest BCUT2D eigenvalue weighted by molar-refractivity contribution is -0.142. The highest BCUT2D eigenvalue weighted by atomic mass is 32.1. The quantitative estimate of drug-likeness (QED) is 0.684. The van der Waals surface area contributed by atoms with Gasteiger partial charge in [-0.3, -0.25) is 14.5 Å². The third kappa shape index (κ3) is 3.98. The van der Waals surface area contributed by atoms with Crippen LogP contribution in [0.4, 0.5) is 0 Å². The molecule has 1 amide bonds. The van der Waals surface area contributed by atoms with Crippen LogP contribution in [0.25, 0.3) is 5.57 Å². The zero-order chi connectivity index (χ0) is 23.9. The summed E-state index contributed by atoms with van der Waals surface area (Å²) in [6.45, 7) is 3.21. The number of carbonyl (C=O) groups excluding carboxylic acids is 1. The molecule has 2 saturated heterocycles. The predicted molar refractivity (Wildman–Crippen MR) is 133 cm³/mol. The van der Waals surface area contributed by atoms with Gasteiger partial charge >= 0.3 is 0 Å². The van der Waals surface area contributed by atoms with Crippen molar-refractivity contribution in [1.29, 1.82) is 0 Å². The molecule has 0 unspecified atom stereocenters. The van der Waals surface area contributed by atoms with Crippen LogP contribution in [0, 0.1) is 11.8 Å². The molecule has 4 atom stereocenters. The molecule has 8 nitrogen and oxygen atoms in total. The van der Waals surface area contributed by atoms with Crippen LogP contribution < -0.4 is 5.56 Å². The first kappa shape index (κ1) is 23.1. The summed E-state index contributed by atoms with van der Waals surface area (Å²) in [5.74, 6) is -0.591. The molecule has 5 heterocycles. The molecule has 0 saturated carbocycles. The van der Waals surface area contributed by atoms with E-state index in [1.807, 2.05) is 20.9 Å². The molecule has 2 bridgehead atoms. The number of morpholine rings is 1. The lowest BCUT2D eigenvalue weighted by Crippen LogP contribution is -2.47. The Bertz CT molecular complexity index is 1170. The number of carbonyl (C=O) groups is 1. The largest absolute Gasteiger partial charge is 0.396 e. The summed E-state index contributed by atoms with van der Waals surface area (Å²) in [7, 11) is 0. The number of thiazole rings is 1. The monoisotopic (exact) mass is 496 g/mol. The van der Waals surface area contributed by atoms with Crippen LogP contribution in [-0.2, 0) is 22.6 Å². The number of nitrogens with zero attached hydrogens (tertiary/aromatic N) is 4. The van der Waals surface area contributed by atoms with Crippen molar-refractivity contribution in [1.82, 2.24) is 19.4 Å². The van der Waals surface area contributed by atoms with E-state index in [4.69, 9.17) is 4.74 Å². The highest BCUT2D eigenvalue weighted by Gasteiger charge is 2.56. The number of hydrogen-bond acceptors (Lipinski definition) is 7. The van der Waals surface area contributed by atoms with E-state index in [2.05, 4.69) is 22.0 Å². The topological polar surface area (TPSA) is 87.9 Å².